The lowest BCUT2D eigenvalue weighted by Crippen LogP contribution is -2.49. The van der Waals surface area contributed by atoms with Gasteiger partial charge in [-0.2, -0.15) is 18.2 Å². The monoisotopic (exact) mass is 645 g/mol. The molecule has 0 atom stereocenters. The maximum Gasteiger partial charge on any atom is 0.473 e. The highest BCUT2D eigenvalue weighted by atomic mass is 19.4. The van der Waals surface area contributed by atoms with Gasteiger partial charge < -0.3 is 39.8 Å². The number of aliphatic hydroxyl groups excluding tert-OH is 1. The van der Waals surface area contributed by atoms with Crippen LogP contribution in [0, 0.1) is 0 Å². The number of alkyl halides is 3. The highest BCUT2D eigenvalue weighted by molar-refractivity contribution is 5.95. The molecule has 12 nitrogen and oxygen atoms in total. The number of fused-ring (bicyclic) bond motifs is 1. The van der Waals surface area contributed by atoms with Crippen molar-refractivity contribution in [2.45, 2.75) is 84.7 Å². The first-order chi connectivity index (χ1) is 20.9. The Morgan fingerprint density at radius 1 is 0.933 bits per heavy atom. The molecule has 1 aliphatic rings. The fraction of sp³-hybridized carbons (Fsp3) is 0.667. The molecule has 1 aliphatic heterocycles. The third kappa shape index (κ3) is 14.3. The van der Waals surface area contributed by atoms with Gasteiger partial charge >= 0.3 is 24.3 Å². The summed E-state index contributed by atoms with van der Waals surface area (Å²) in [5, 5.41) is 14.3. The van der Waals surface area contributed by atoms with Gasteiger partial charge in [-0.05, 0) is 84.1 Å². The lowest BCUT2D eigenvalue weighted by atomic mass is 9.99. The molecule has 1 heterocycles. The quantitative estimate of drug-likeness (QED) is 0.185. The Bertz CT molecular complexity index is 1140. The van der Waals surface area contributed by atoms with Crippen LogP contribution in [0.3, 0.4) is 0 Å². The second-order valence-electron chi connectivity index (χ2n) is 12.4. The van der Waals surface area contributed by atoms with Crippen molar-refractivity contribution in [2.75, 3.05) is 45.9 Å². The van der Waals surface area contributed by atoms with E-state index in [1.165, 1.54) is 0 Å². The number of benzene rings is 1. The Kier molecular flexibility index (Phi) is 13.8. The van der Waals surface area contributed by atoms with E-state index in [2.05, 4.69) is 15.6 Å². The summed E-state index contributed by atoms with van der Waals surface area (Å²) in [5.41, 5.74) is 0.345. The third-order valence-corrected chi connectivity index (χ3v) is 6.11. The van der Waals surface area contributed by atoms with Crippen molar-refractivity contribution in [3.63, 3.8) is 0 Å². The average molecular weight is 646 g/mol. The Morgan fingerprint density at radius 2 is 1.49 bits per heavy atom. The van der Waals surface area contributed by atoms with E-state index in [0.717, 1.165) is 11.1 Å². The summed E-state index contributed by atoms with van der Waals surface area (Å²) >= 11 is 0. The Hall–Kier alpha value is -3.75. The van der Waals surface area contributed by atoms with Crippen LogP contribution in [0.15, 0.2) is 23.2 Å². The number of hydrogen-bond donors (Lipinski definition) is 3. The minimum atomic E-state index is -5.18. The number of carbonyl (C=O) groups excluding carboxylic acids is 3. The minimum absolute atomic E-state index is 0.127. The molecule has 0 fully saturated rings. The second-order valence-corrected chi connectivity index (χ2v) is 12.4. The number of nitrogens with zero attached hydrogens (tertiary/aromatic N) is 3. The topological polar surface area (TPSA) is 142 Å². The van der Waals surface area contributed by atoms with Gasteiger partial charge in [0.1, 0.15) is 23.6 Å². The van der Waals surface area contributed by atoms with Crippen LogP contribution in [-0.2, 0) is 27.2 Å². The Morgan fingerprint density at radius 3 is 1.98 bits per heavy atom. The molecule has 0 radical (unpaired) electrons. The first-order valence-corrected chi connectivity index (χ1v) is 14.9. The number of aliphatic hydroxyl groups is 1. The van der Waals surface area contributed by atoms with Crippen LogP contribution < -0.4 is 15.4 Å². The number of halogens is 3. The highest BCUT2D eigenvalue weighted by Crippen LogP contribution is 2.26. The lowest BCUT2D eigenvalue weighted by Gasteiger charge is -2.37. The van der Waals surface area contributed by atoms with Gasteiger partial charge in [-0.3, -0.25) is 4.79 Å². The van der Waals surface area contributed by atoms with Crippen LogP contribution in [-0.4, -0.2) is 102 Å². The molecule has 3 N–H and O–H groups in total. The third-order valence-electron chi connectivity index (χ3n) is 6.11. The van der Waals surface area contributed by atoms with Gasteiger partial charge in [-0.25, -0.2) is 9.59 Å². The predicted molar refractivity (Wildman–Crippen MR) is 161 cm³/mol. The molecule has 2 rings (SSSR count). The van der Waals surface area contributed by atoms with Crippen LogP contribution in [0.5, 0.6) is 5.75 Å². The van der Waals surface area contributed by atoms with Crippen LogP contribution in [0.25, 0.3) is 0 Å². The van der Waals surface area contributed by atoms with Gasteiger partial charge in [0.15, 0.2) is 0 Å². The molecule has 0 bridgehead atoms. The minimum Gasteiger partial charge on any atom is -0.491 e. The van der Waals surface area contributed by atoms with Crippen LogP contribution in [0.1, 0.15) is 65.5 Å². The number of nitrogens with one attached hydrogen (secondary N) is 2. The van der Waals surface area contributed by atoms with E-state index in [9.17, 15) is 27.6 Å². The van der Waals surface area contributed by atoms with Gasteiger partial charge in [0.25, 0.3) is 0 Å². The number of aliphatic imine (C=N–C) groups is 1. The van der Waals surface area contributed by atoms with Gasteiger partial charge in [0, 0.05) is 39.3 Å². The Labute approximate surface area is 262 Å². The van der Waals surface area contributed by atoms with Crippen LogP contribution in [0.2, 0.25) is 0 Å². The number of alkyl carbamates (subject to hydrolysis) is 2. The van der Waals surface area contributed by atoms with Gasteiger partial charge in [-0.15, -0.1) is 0 Å². The van der Waals surface area contributed by atoms with Crippen molar-refractivity contribution in [2.24, 2.45) is 4.99 Å². The molecule has 1 aromatic rings. The molecular weight excluding hydrogens is 599 g/mol. The standard InChI is InChI=1S/C30H46F3N5O7/c1-28(2,3)44-26(41)34-12-7-14-37(15-8-13-35-27(42)45-29(4,5)6)25(36-24(40)30(31,32)33)38-16-11-21-19-23(43-18-17-39)10-9-22(21)20-38/h9-10,19,39H,7-8,11-18,20H2,1-6H3,(H,34,41)(H,35,42)/b36-25-. The van der Waals surface area contributed by atoms with E-state index in [1.54, 1.807) is 63.5 Å². The molecule has 0 saturated carbocycles. The van der Waals surface area contributed by atoms with E-state index in [1.807, 2.05) is 6.07 Å². The van der Waals surface area contributed by atoms with Gasteiger partial charge in [0.05, 0.1) is 6.61 Å². The van der Waals surface area contributed by atoms with Crippen molar-refractivity contribution in [3.8, 4) is 5.75 Å². The largest absolute Gasteiger partial charge is 0.491 e. The summed E-state index contributed by atoms with van der Waals surface area (Å²) in [6.45, 7) is 11.4. The summed E-state index contributed by atoms with van der Waals surface area (Å²) in [6.07, 6.45) is -5.40. The predicted octanol–water partition coefficient (Wildman–Crippen LogP) is 3.99. The van der Waals surface area contributed by atoms with E-state index >= 15 is 0 Å². The van der Waals surface area contributed by atoms with Gasteiger partial charge in [0.2, 0.25) is 5.96 Å². The van der Waals surface area contributed by atoms with Gasteiger partial charge in [-0.1, -0.05) is 6.07 Å². The zero-order chi connectivity index (χ0) is 33.8. The fourth-order valence-electron chi connectivity index (χ4n) is 4.31. The summed E-state index contributed by atoms with van der Waals surface area (Å²) < 4.78 is 56.3. The molecule has 0 saturated heterocycles. The normalized spacial score (nSPS) is 13.9. The summed E-state index contributed by atoms with van der Waals surface area (Å²) in [5.74, 6) is -1.83. The molecule has 3 amide bonds. The lowest BCUT2D eigenvalue weighted by molar-refractivity contribution is -0.169. The van der Waals surface area contributed by atoms with Crippen LogP contribution in [0.4, 0.5) is 22.8 Å². The van der Waals surface area contributed by atoms with E-state index < -0.39 is 35.5 Å². The number of carbonyl (C=O) groups is 3. The molecule has 45 heavy (non-hydrogen) atoms. The van der Waals surface area contributed by atoms with Crippen molar-refractivity contribution >= 4 is 24.1 Å². The molecule has 1 aromatic carbocycles. The average Bonchev–Trinajstić information content (AvgIpc) is 2.91. The molecule has 0 aliphatic carbocycles. The summed E-state index contributed by atoms with van der Waals surface area (Å²) in [4.78, 5) is 43.1. The van der Waals surface area contributed by atoms with Crippen molar-refractivity contribution in [3.05, 3.63) is 29.3 Å². The zero-order valence-electron chi connectivity index (χ0n) is 26.9. The van der Waals surface area contributed by atoms with Crippen molar-refractivity contribution in [1.29, 1.82) is 0 Å². The molecule has 0 spiro atoms. The first-order valence-electron chi connectivity index (χ1n) is 14.9. The number of rotatable bonds is 11. The fourth-order valence-corrected chi connectivity index (χ4v) is 4.31. The highest BCUT2D eigenvalue weighted by Gasteiger charge is 2.40. The first kappa shape index (κ1) is 37.4. The van der Waals surface area contributed by atoms with E-state index in [4.69, 9.17) is 19.3 Å². The summed E-state index contributed by atoms with van der Waals surface area (Å²) in [6, 6.07) is 5.32. The second kappa shape index (κ2) is 16.5. The molecule has 0 aromatic heterocycles. The number of ether oxygens (including phenoxy) is 3. The van der Waals surface area contributed by atoms with Crippen molar-refractivity contribution in [1.82, 2.24) is 20.4 Å². The number of guanidine groups is 1. The summed E-state index contributed by atoms with van der Waals surface area (Å²) in [7, 11) is 0. The maximum atomic E-state index is 13.4. The van der Waals surface area contributed by atoms with E-state index in [-0.39, 0.29) is 58.4 Å². The van der Waals surface area contributed by atoms with Crippen LogP contribution >= 0.6 is 0 Å². The molecular formula is C30H46F3N5O7. The van der Waals surface area contributed by atoms with E-state index in [0.29, 0.717) is 25.0 Å². The SMILES string of the molecule is CC(C)(C)OC(=O)NCCCN(CCCNC(=O)OC(C)(C)C)/C(=N/C(=O)C(F)(F)F)N1CCc2cc(OCCO)ccc2C1. The number of amides is 3. The van der Waals surface area contributed by atoms with Crippen molar-refractivity contribution < 1.29 is 46.9 Å². The molecule has 0 unspecified atom stereocenters. The molecule has 15 heteroatoms. The maximum absolute atomic E-state index is 13.4. The zero-order valence-corrected chi connectivity index (χ0v) is 26.9. The smallest absolute Gasteiger partial charge is 0.473 e. The Balaban J connectivity index is 2.27. The molecule has 254 valence electrons. The number of hydrogen-bond acceptors (Lipinski definition) is 7.